The molecule has 0 bridgehead atoms. The smallest absolute Gasteiger partial charge is 0.274 e. The highest BCUT2D eigenvalue weighted by Crippen LogP contribution is 2.30. The number of nitrogens with zero attached hydrogens (tertiary/aromatic N) is 2. The predicted molar refractivity (Wildman–Crippen MR) is 68.2 cm³/mol. The number of nitrogens with two attached hydrogens (primary N) is 1. The maximum Gasteiger partial charge on any atom is 0.274 e. The first-order chi connectivity index (χ1) is 9.85. The average molecular weight is 317 g/mol. The monoisotopic (exact) mass is 317 g/mol. The maximum atomic E-state index is 13.9. The number of nitrogens with one attached hydrogen (secondary N) is 2. The molecule has 2 rings (SSSR count). The van der Waals surface area contributed by atoms with Crippen LogP contribution in [0.15, 0.2) is 33.9 Å². The highest BCUT2D eigenvalue weighted by Gasteiger charge is 2.27. The molecule has 1 aromatic heterocycles. The molecule has 0 aliphatic rings. The third kappa shape index (κ3) is 2.90. The van der Waals surface area contributed by atoms with Gasteiger partial charge in [0.05, 0.1) is 16.7 Å². The van der Waals surface area contributed by atoms with Gasteiger partial charge in [0, 0.05) is 12.1 Å². The van der Waals surface area contributed by atoms with Gasteiger partial charge in [0.15, 0.2) is 11.6 Å². The zero-order chi connectivity index (χ0) is 15.6. The van der Waals surface area contributed by atoms with Crippen molar-refractivity contribution < 1.29 is 22.3 Å². The van der Waals surface area contributed by atoms with Gasteiger partial charge < -0.3 is 9.95 Å². The van der Waals surface area contributed by atoms with E-state index in [0.29, 0.717) is 6.07 Å². The Balaban J connectivity index is 2.54. The van der Waals surface area contributed by atoms with Gasteiger partial charge in [-0.2, -0.15) is 0 Å². The van der Waals surface area contributed by atoms with Gasteiger partial charge in [-0.3, -0.25) is 20.7 Å². The molecule has 4 N–H and O–H groups in total. The van der Waals surface area contributed by atoms with Crippen molar-refractivity contribution in [3.8, 4) is 0 Å². The van der Waals surface area contributed by atoms with Crippen molar-refractivity contribution in [2.24, 2.45) is 5.84 Å². The van der Waals surface area contributed by atoms with Crippen LogP contribution in [-0.4, -0.2) is 18.5 Å². The molecule has 0 spiro atoms. The number of nitro benzene ring substituents is 1. The molecule has 0 atom stereocenters. The Kier molecular flexibility index (Phi) is 3.73. The number of nitrogen functional groups attached to an aromatic ring is 1. The van der Waals surface area contributed by atoms with E-state index in [4.69, 9.17) is 5.84 Å². The zero-order valence-electron chi connectivity index (χ0n) is 10.1. The number of halogens is 1. The van der Waals surface area contributed by atoms with Crippen molar-refractivity contribution in [1.29, 1.82) is 0 Å². The van der Waals surface area contributed by atoms with E-state index < -0.39 is 37.0 Å². The first kappa shape index (κ1) is 14.7. The van der Waals surface area contributed by atoms with Crippen LogP contribution in [0, 0.1) is 15.9 Å². The van der Waals surface area contributed by atoms with Crippen LogP contribution in [0.3, 0.4) is 0 Å². The lowest BCUT2D eigenvalue weighted by atomic mass is 10.3. The summed E-state index contributed by atoms with van der Waals surface area (Å²) in [5.74, 6) is 3.57. The number of aromatic nitrogens is 1. The number of anilines is 2. The fourth-order valence-corrected chi connectivity index (χ4v) is 2.72. The third-order valence-electron chi connectivity index (χ3n) is 2.34. The Morgan fingerprint density at radius 3 is 2.67 bits per heavy atom. The molecule has 12 heteroatoms. The molecule has 0 fully saturated rings. The number of benzene rings is 1. The van der Waals surface area contributed by atoms with Crippen LogP contribution in [0.5, 0.6) is 0 Å². The van der Waals surface area contributed by atoms with Crippen molar-refractivity contribution in [2.45, 2.75) is 4.90 Å². The number of nitro groups is 1. The van der Waals surface area contributed by atoms with Gasteiger partial charge in [-0.25, -0.2) is 12.8 Å². The van der Waals surface area contributed by atoms with E-state index in [1.807, 2.05) is 10.1 Å². The second kappa shape index (κ2) is 5.34. The van der Waals surface area contributed by atoms with Gasteiger partial charge in [-0.05, 0) is 0 Å². The van der Waals surface area contributed by atoms with E-state index in [1.165, 1.54) is 6.07 Å². The Hall–Kier alpha value is -2.73. The molecule has 10 nitrogen and oxygen atoms in total. The number of rotatable bonds is 5. The predicted octanol–water partition coefficient (Wildman–Crippen LogP) is 0.808. The second-order valence-electron chi connectivity index (χ2n) is 3.70. The van der Waals surface area contributed by atoms with E-state index in [-0.39, 0.29) is 5.82 Å². The van der Waals surface area contributed by atoms with E-state index in [1.54, 1.807) is 0 Å². The number of sulfonamides is 1. The van der Waals surface area contributed by atoms with Gasteiger partial charge in [0.2, 0.25) is 0 Å². The van der Waals surface area contributed by atoms with Gasteiger partial charge in [-0.15, -0.1) is 0 Å². The molecule has 0 radical (unpaired) electrons. The summed E-state index contributed by atoms with van der Waals surface area (Å²) < 4.78 is 44.5. The standard InChI is InChI=1S/C9H8FN5O5S/c10-6-3-5(15(16)17)4-7(12-11)9(6)21(18,19)14-8-1-2-20-13-8/h1-4,12H,11H2,(H,13,14). The zero-order valence-corrected chi connectivity index (χ0v) is 10.9. The summed E-state index contributed by atoms with van der Waals surface area (Å²) >= 11 is 0. The molecule has 0 saturated heterocycles. The van der Waals surface area contributed by atoms with Gasteiger partial charge >= 0.3 is 0 Å². The summed E-state index contributed by atoms with van der Waals surface area (Å²) in [5.41, 5.74) is 0.784. The van der Waals surface area contributed by atoms with Gasteiger partial charge in [0.1, 0.15) is 11.2 Å². The van der Waals surface area contributed by atoms with Crippen molar-refractivity contribution in [3.05, 3.63) is 40.4 Å². The third-order valence-corrected chi connectivity index (χ3v) is 3.77. The van der Waals surface area contributed by atoms with Crippen LogP contribution in [0.4, 0.5) is 21.6 Å². The molecule has 21 heavy (non-hydrogen) atoms. The van der Waals surface area contributed by atoms with Crippen LogP contribution in [0.1, 0.15) is 0 Å². The summed E-state index contributed by atoms with van der Waals surface area (Å²) in [4.78, 5) is 8.86. The molecule has 0 amide bonds. The second-order valence-corrected chi connectivity index (χ2v) is 5.32. The molecule has 0 saturated carbocycles. The van der Waals surface area contributed by atoms with Crippen LogP contribution < -0.4 is 16.0 Å². The lowest BCUT2D eigenvalue weighted by Gasteiger charge is -2.11. The summed E-state index contributed by atoms with van der Waals surface area (Å²) in [6.07, 6.45) is 1.10. The lowest BCUT2D eigenvalue weighted by Crippen LogP contribution is -2.19. The van der Waals surface area contributed by atoms with E-state index in [2.05, 4.69) is 9.68 Å². The first-order valence-corrected chi connectivity index (χ1v) is 6.71. The normalized spacial score (nSPS) is 11.1. The fraction of sp³-hybridized carbons (Fsp3) is 0. The van der Waals surface area contributed by atoms with E-state index in [9.17, 15) is 22.9 Å². The number of hydrogen-bond acceptors (Lipinski definition) is 8. The molecular formula is C9H8FN5O5S. The number of hydrogen-bond donors (Lipinski definition) is 3. The Labute approximate surface area is 116 Å². The molecular weight excluding hydrogens is 309 g/mol. The van der Waals surface area contributed by atoms with Crippen molar-refractivity contribution >= 4 is 27.2 Å². The van der Waals surface area contributed by atoms with Crippen molar-refractivity contribution in [1.82, 2.24) is 5.16 Å². The van der Waals surface area contributed by atoms with Crippen LogP contribution in [-0.2, 0) is 10.0 Å². The van der Waals surface area contributed by atoms with Crippen molar-refractivity contribution in [2.75, 3.05) is 10.1 Å². The Morgan fingerprint density at radius 2 is 2.14 bits per heavy atom. The first-order valence-electron chi connectivity index (χ1n) is 5.23. The summed E-state index contributed by atoms with van der Waals surface area (Å²) in [5, 5.41) is 13.9. The molecule has 2 aromatic rings. The summed E-state index contributed by atoms with van der Waals surface area (Å²) in [6, 6.07) is 2.45. The largest absolute Gasteiger partial charge is 0.363 e. The van der Waals surface area contributed by atoms with E-state index in [0.717, 1.165) is 12.3 Å². The summed E-state index contributed by atoms with van der Waals surface area (Å²) in [6.45, 7) is 0. The Bertz CT molecular complexity index is 776. The highest BCUT2D eigenvalue weighted by molar-refractivity contribution is 7.92. The Morgan fingerprint density at radius 1 is 1.43 bits per heavy atom. The molecule has 0 aliphatic carbocycles. The molecule has 0 unspecified atom stereocenters. The van der Waals surface area contributed by atoms with Crippen LogP contribution in [0.2, 0.25) is 0 Å². The van der Waals surface area contributed by atoms with Gasteiger partial charge in [-0.1, -0.05) is 5.16 Å². The number of non-ortho nitro benzene ring substituents is 1. The quantitative estimate of drug-likeness (QED) is 0.416. The number of hydrazine groups is 1. The topological polar surface area (TPSA) is 153 Å². The molecule has 112 valence electrons. The minimum absolute atomic E-state index is 0.185. The fourth-order valence-electron chi connectivity index (χ4n) is 1.52. The van der Waals surface area contributed by atoms with Gasteiger partial charge in [0.25, 0.3) is 15.7 Å². The lowest BCUT2D eigenvalue weighted by molar-refractivity contribution is -0.385. The average Bonchev–Trinajstić information content (AvgIpc) is 2.89. The molecule has 1 heterocycles. The summed E-state index contributed by atoms with van der Waals surface area (Å²) in [7, 11) is -4.41. The molecule has 1 aromatic carbocycles. The minimum atomic E-state index is -4.41. The van der Waals surface area contributed by atoms with E-state index >= 15 is 0 Å². The van der Waals surface area contributed by atoms with Crippen LogP contribution in [0.25, 0.3) is 0 Å². The maximum absolute atomic E-state index is 13.9. The SMILES string of the molecule is NNc1cc([N+](=O)[O-])cc(F)c1S(=O)(=O)Nc1ccon1. The van der Waals surface area contributed by atoms with Crippen molar-refractivity contribution in [3.63, 3.8) is 0 Å². The molecule has 0 aliphatic heterocycles. The van der Waals surface area contributed by atoms with Crippen LogP contribution >= 0.6 is 0 Å². The minimum Gasteiger partial charge on any atom is -0.363 e. The highest BCUT2D eigenvalue weighted by atomic mass is 32.2.